The number of nitrogen functional groups attached to an aromatic ring is 1. The maximum absolute atomic E-state index is 13.8. The van der Waals surface area contributed by atoms with Crippen LogP contribution >= 0.6 is 31.9 Å². The first kappa shape index (κ1) is 27.7. The quantitative estimate of drug-likeness (QED) is 0.434. The minimum atomic E-state index is -0.629. The zero-order valence-corrected chi connectivity index (χ0v) is 24.4. The fraction of sp³-hybridized carbons (Fsp3) is 0.692. The normalized spacial score (nSPS) is 22.0. The molecular weight excluding hydrogens is 588 g/mol. The first-order chi connectivity index (χ1) is 17.2. The van der Waals surface area contributed by atoms with Gasteiger partial charge in [0.1, 0.15) is 6.04 Å². The van der Waals surface area contributed by atoms with Crippen molar-refractivity contribution in [1.29, 1.82) is 0 Å². The lowest BCUT2D eigenvalue weighted by atomic mass is 9.79. The summed E-state index contributed by atoms with van der Waals surface area (Å²) in [5.74, 6) is 1.46. The van der Waals surface area contributed by atoms with Crippen LogP contribution in [-0.4, -0.2) is 85.0 Å². The molecule has 3 amide bonds. The first-order valence-corrected chi connectivity index (χ1v) is 14.8. The van der Waals surface area contributed by atoms with E-state index in [0.29, 0.717) is 31.1 Å². The monoisotopic (exact) mass is 626 g/mol. The Kier molecular flexibility index (Phi) is 9.57. The molecule has 3 fully saturated rings. The number of carbonyl (C=O) groups excluding carboxylic acids is 2. The summed E-state index contributed by atoms with van der Waals surface area (Å²) in [4.78, 5) is 33.0. The minimum absolute atomic E-state index is 0.00274. The molecule has 0 radical (unpaired) electrons. The predicted octanol–water partition coefficient (Wildman–Crippen LogP) is 3.42. The number of anilines is 1. The SMILES string of the molecule is CN1CCC(C2CCN(C(=O)C(Cc3cc(Br)c(N)c(Br)c3)NC(=O)N3CCC(N)CC3)CC2)CC1. The maximum Gasteiger partial charge on any atom is 0.318 e. The summed E-state index contributed by atoms with van der Waals surface area (Å²) >= 11 is 7.01. The molecule has 10 heteroatoms. The highest BCUT2D eigenvalue weighted by Gasteiger charge is 2.34. The van der Waals surface area contributed by atoms with E-state index in [1.165, 1.54) is 25.9 Å². The average molecular weight is 628 g/mol. The number of urea groups is 1. The van der Waals surface area contributed by atoms with Crippen LogP contribution in [0.1, 0.15) is 44.1 Å². The largest absolute Gasteiger partial charge is 0.397 e. The number of hydrogen-bond acceptors (Lipinski definition) is 5. The highest BCUT2D eigenvalue weighted by Crippen LogP contribution is 2.33. The Hall–Kier alpha value is -1.36. The Balaban J connectivity index is 1.42. The van der Waals surface area contributed by atoms with Crippen LogP contribution in [-0.2, 0) is 11.2 Å². The van der Waals surface area contributed by atoms with Gasteiger partial charge in [-0.3, -0.25) is 4.79 Å². The van der Waals surface area contributed by atoms with Crippen molar-refractivity contribution >= 4 is 49.5 Å². The molecule has 1 aromatic rings. The molecule has 1 unspecified atom stereocenters. The molecule has 3 aliphatic rings. The Labute approximate surface area is 231 Å². The van der Waals surface area contributed by atoms with E-state index in [-0.39, 0.29) is 18.0 Å². The molecule has 0 aliphatic carbocycles. The number of benzene rings is 1. The molecule has 36 heavy (non-hydrogen) atoms. The van der Waals surface area contributed by atoms with Crippen LogP contribution in [0.25, 0.3) is 0 Å². The Morgan fingerprint density at radius 3 is 1.97 bits per heavy atom. The van der Waals surface area contributed by atoms with Gasteiger partial charge in [0.15, 0.2) is 0 Å². The number of likely N-dealkylation sites (tertiary alicyclic amines) is 3. The van der Waals surface area contributed by atoms with Gasteiger partial charge in [0.05, 0.1) is 5.69 Å². The average Bonchev–Trinajstić information content (AvgIpc) is 2.87. The number of nitrogens with two attached hydrogens (primary N) is 2. The van der Waals surface area contributed by atoms with Crippen molar-refractivity contribution in [3.63, 3.8) is 0 Å². The van der Waals surface area contributed by atoms with Crippen LogP contribution in [0.5, 0.6) is 0 Å². The maximum atomic E-state index is 13.8. The summed E-state index contributed by atoms with van der Waals surface area (Å²) < 4.78 is 1.54. The van der Waals surface area contributed by atoms with E-state index < -0.39 is 6.04 Å². The number of nitrogens with zero attached hydrogens (tertiary/aromatic N) is 3. The van der Waals surface area contributed by atoms with Gasteiger partial charge >= 0.3 is 6.03 Å². The smallest absolute Gasteiger partial charge is 0.318 e. The molecule has 1 aromatic carbocycles. The van der Waals surface area contributed by atoms with Gasteiger partial charge in [0, 0.05) is 47.6 Å². The zero-order chi connectivity index (χ0) is 25.8. The summed E-state index contributed by atoms with van der Waals surface area (Å²) in [6.45, 7) is 5.10. The minimum Gasteiger partial charge on any atom is -0.397 e. The van der Waals surface area contributed by atoms with Crippen LogP contribution in [0.15, 0.2) is 21.1 Å². The van der Waals surface area contributed by atoms with Crippen molar-refractivity contribution < 1.29 is 9.59 Å². The lowest BCUT2D eigenvalue weighted by Crippen LogP contribution is -2.56. The number of rotatable bonds is 5. The molecule has 4 rings (SSSR count). The molecule has 5 N–H and O–H groups in total. The second-order valence-corrected chi connectivity index (χ2v) is 12.5. The van der Waals surface area contributed by atoms with Gasteiger partial charge < -0.3 is 31.5 Å². The Morgan fingerprint density at radius 2 is 1.42 bits per heavy atom. The highest BCUT2D eigenvalue weighted by molar-refractivity contribution is 9.11. The zero-order valence-electron chi connectivity index (χ0n) is 21.2. The second-order valence-electron chi connectivity index (χ2n) is 10.8. The van der Waals surface area contributed by atoms with Crippen LogP contribution in [0, 0.1) is 11.8 Å². The molecule has 0 bridgehead atoms. The van der Waals surface area contributed by atoms with Crippen LogP contribution in [0.3, 0.4) is 0 Å². The third-order valence-electron chi connectivity index (χ3n) is 8.28. The van der Waals surface area contributed by atoms with E-state index in [4.69, 9.17) is 11.5 Å². The fourth-order valence-corrected chi connectivity index (χ4v) is 7.13. The topological polar surface area (TPSA) is 108 Å². The molecular formula is C26H40Br2N6O2. The summed E-state index contributed by atoms with van der Waals surface area (Å²) in [7, 11) is 2.20. The molecule has 0 aromatic heterocycles. The number of hydrogen-bond donors (Lipinski definition) is 3. The van der Waals surface area contributed by atoms with E-state index in [0.717, 1.165) is 59.2 Å². The molecule has 3 saturated heterocycles. The van der Waals surface area contributed by atoms with Gasteiger partial charge in [-0.1, -0.05) is 0 Å². The van der Waals surface area contributed by atoms with Crippen LogP contribution in [0.2, 0.25) is 0 Å². The third-order valence-corrected chi connectivity index (χ3v) is 9.59. The van der Waals surface area contributed by atoms with Gasteiger partial charge in [-0.05, 0) is 120 Å². The summed E-state index contributed by atoms with van der Waals surface area (Å²) in [6.07, 6.45) is 6.59. The molecule has 0 saturated carbocycles. The Morgan fingerprint density at radius 1 is 0.917 bits per heavy atom. The molecule has 8 nitrogen and oxygen atoms in total. The lowest BCUT2D eigenvalue weighted by Gasteiger charge is -2.40. The van der Waals surface area contributed by atoms with E-state index in [1.807, 2.05) is 17.0 Å². The predicted molar refractivity (Wildman–Crippen MR) is 151 cm³/mol. The summed E-state index contributed by atoms with van der Waals surface area (Å²) in [5.41, 5.74) is 13.6. The van der Waals surface area contributed by atoms with Gasteiger partial charge in [0.2, 0.25) is 5.91 Å². The molecule has 1 atom stereocenters. The summed E-state index contributed by atoms with van der Waals surface area (Å²) in [6, 6.07) is 3.18. The van der Waals surface area contributed by atoms with Gasteiger partial charge in [-0.15, -0.1) is 0 Å². The Bertz CT molecular complexity index is 900. The fourth-order valence-electron chi connectivity index (χ4n) is 5.84. The lowest BCUT2D eigenvalue weighted by molar-refractivity contribution is -0.135. The van der Waals surface area contributed by atoms with Crippen LogP contribution < -0.4 is 16.8 Å². The van der Waals surface area contributed by atoms with Crippen molar-refractivity contribution in [2.24, 2.45) is 17.6 Å². The highest BCUT2D eigenvalue weighted by atomic mass is 79.9. The number of piperidine rings is 3. The number of halogens is 2. The van der Waals surface area contributed by atoms with E-state index in [2.05, 4.69) is 49.1 Å². The molecule has 3 heterocycles. The van der Waals surface area contributed by atoms with Crippen molar-refractivity contribution in [2.75, 3.05) is 52.0 Å². The number of amides is 3. The molecule has 3 aliphatic heterocycles. The molecule has 200 valence electrons. The van der Waals surface area contributed by atoms with Crippen molar-refractivity contribution in [3.8, 4) is 0 Å². The van der Waals surface area contributed by atoms with Crippen molar-refractivity contribution in [3.05, 3.63) is 26.6 Å². The number of nitrogens with one attached hydrogen (secondary N) is 1. The van der Waals surface area contributed by atoms with E-state index in [1.54, 1.807) is 4.90 Å². The van der Waals surface area contributed by atoms with Gasteiger partial charge in [-0.2, -0.15) is 0 Å². The summed E-state index contributed by atoms with van der Waals surface area (Å²) in [5, 5.41) is 3.07. The third kappa shape index (κ3) is 6.94. The van der Waals surface area contributed by atoms with Crippen molar-refractivity contribution in [1.82, 2.24) is 20.0 Å². The van der Waals surface area contributed by atoms with E-state index >= 15 is 0 Å². The first-order valence-electron chi connectivity index (χ1n) is 13.2. The van der Waals surface area contributed by atoms with Crippen molar-refractivity contribution in [2.45, 2.75) is 57.0 Å². The van der Waals surface area contributed by atoms with Gasteiger partial charge in [0.25, 0.3) is 0 Å². The molecule has 0 spiro atoms. The number of carbonyl (C=O) groups is 2. The van der Waals surface area contributed by atoms with Crippen LogP contribution in [0.4, 0.5) is 10.5 Å². The second kappa shape index (κ2) is 12.5. The standard InChI is InChI=1S/C26H40Br2N6O2/c1-32-8-2-18(3-9-32)19-4-10-33(11-5-19)25(35)23(16-17-14-21(27)24(30)22(28)15-17)31-26(36)34-12-6-20(29)7-13-34/h14-15,18-20,23H,2-13,16,29-30H2,1H3,(H,31,36). The van der Waals surface area contributed by atoms with E-state index in [9.17, 15) is 9.59 Å². The van der Waals surface area contributed by atoms with Gasteiger partial charge in [-0.25, -0.2) is 4.79 Å².